The van der Waals surface area contributed by atoms with Crippen LogP contribution in [0, 0.1) is 13.8 Å². The average molecular weight is 460 g/mol. The summed E-state index contributed by atoms with van der Waals surface area (Å²) in [7, 11) is 2.11. The summed E-state index contributed by atoms with van der Waals surface area (Å²) in [6.07, 6.45) is 5.84. The van der Waals surface area contributed by atoms with Crippen LogP contribution in [0.2, 0.25) is 0 Å². The fourth-order valence-corrected chi connectivity index (χ4v) is 3.74. The van der Waals surface area contributed by atoms with Gasteiger partial charge in [-0.1, -0.05) is 17.7 Å². The van der Waals surface area contributed by atoms with Gasteiger partial charge in [0.05, 0.1) is 23.6 Å². The maximum atomic E-state index is 12.9. The molecule has 9 nitrogen and oxygen atoms in total. The number of carbonyl (C=O) groups excluding carboxylic acids is 2. The first-order valence-corrected chi connectivity index (χ1v) is 11.3. The lowest BCUT2D eigenvalue weighted by Crippen LogP contribution is -2.29. The van der Waals surface area contributed by atoms with Gasteiger partial charge in [0.25, 0.3) is 11.8 Å². The summed E-state index contributed by atoms with van der Waals surface area (Å²) in [6.45, 7) is 7.60. The van der Waals surface area contributed by atoms with Crippen LogP contribution in [0.4, 0.5) is 17.3 Å². The third kappa shape index (κ3) is 5.74. The zero-order valence-electron chi connectivity index (χ0n) is 19.7. The molecule has 0 atom stereocenters. The first-order valence-electron chi connectivity index (χ1n) is 11.3. The summed E-state index contributed by atoms with van der Waals surface area (Å²) >= 11 is 0. The molecular weight excluding hydrogens is 430 g/mol. The highest BCUT2D eigenvalue weighted by atomic mass is 16.2. The van der Waals surface area contributed by atoms with Gasteiger partial charge in [-0.3, -0.25) is 9.59 Å². The lowest BCUT2D eigenvalue weighted by atomic mass is 10.1. The molecule has 3 aromatic rings. The van der Waals surface area contributed by atoms with Gasteiger partial charge in [-0.05, 0) is 57.6 Å². The number of aryl methyl sites for hydroxylation is 2. The molecule has 9 heteroatoms. The SMILES string of the molecule is Cc1ccc(NC(=O)c2cc(C)ccc2NC(=O)c2cnc(N3CCCN(C)CC3)cn2)nc1. The maximum Gasteiger partial charge on any atom is 0.275 e. The fraction of sp³-hybridized carbons (Fsp3) is 0.320. The Kier molecular flexibility index (Phi) is 7.12. The molecule has 0 spiro atoms. The molecule has 1 fully saturated rings. The number of likely N-dealkylation sites (N-methyl/N-ethyl adjacent to an activating group) is 1. The summed E-state index contributed by atoms with van der Waals surface area (Å²) in [5.41, 5.74) is 2.81. The van der Waals surface area contributed by atoms with Crippen molar-refractivity contribution in [2.24, 2.45) is 0 Å². The van der Waals surface area contributed by atoms with E-state index in [1.165, 1.54) is 6.20 Å². The minimum Gasteiger partial charge on any atom is -0.354 e. The third-order valence-electron chi connectivity index (χ3n) is 5.74. The number of benzene rings is 1. The van der Waals surface area contributed by atoms with E-state index in [0.29, 0.717) is 17.1 Å². The number of rotatable bonds is 5. The van der Waals surface area contributed by atoms with E-state index in [2.05, 4.69) is 42.4 Å². The fourth-order valence-electron chi connectivity index (χ4n) is 3.74. The van der Waals surface area contributed by atoms with Crippen molar-refractivity contribution in [1.29, 1.82) is 0 Å². The first-order chi connectivity index (χ1) is 16.4. The van der Waals surface area contributed by atoms with Crippen LogP contribution in [-0.4, -0.2) is 64.9 Å². The second-order valence-corrected chi connectivity index (χ2v) is 8.58. The van der Waals surface area contributed by atoms with E-state index in [9.17, 15) is 9.59 Å². The van der Waals surface area contributed by atoms with Crippen molar-refractivity contribution in [3.63, 3.8) is 0 Å². The van der Waals surface area contributed by atoms with Crippen molar-refractivity contribution < 1.29 is 9.59 Å². The lowest BCUT2D eigenvalue weighted by molar-refractivity contribution is 0.102. The van der Waals surface area contributed by atoms with Crippen molar-refractivity contribution in [3.05, 3.63) is 71.3 Å². The van der Waals surface area contributed by atoms with Gasteiger partial charge in [-0.2, -0.15) is 0 Å². The van der Waals surface area contributed by atoms with E-state index in [1.807, 2.05) is 26.0 Å². The van der Waals surface area contributed by atoms with E-state index in [4.69, 9.17) is 0 Å². The molecule has 34 heavy (non-hydrogen) atoms. The van der Waals surface area contributed by atoms with Gasteiger partial charge >= 0.3 is 0 Å². The van der Waals surface area contributed by atoms with Gasteiger partial charge in [-0.15, -0.1) is 0 Å². The quantitative estimate of drug-likeness (QED) is 0.604. The zero-order valence-corrected chi connectivity index (χ0v) is 19.7. The zero-order chi connectivity index (χ0) is 24.1. The maximum absolute atomic E-state index is 12.9. The molecule has 0 unspecified atom stereocenters. The molecule has 0 radical (unpaired) electrons. The Morgan fingerprint density at radius 3 is 2.38 bits per heavy atom. The number of hydrogen-bond donors (Lipinski definition) is 2. The minimum atomic E-state index is -0.430. The van der Waals surface area contributed by atoms with Gasteiger partial charge in [0, 0.05) is 25.8 Å². The van der Waals surface area contributed by atoms with Crippen LogP contribution in [-0.2, 0) is 0 Å². The molecule has 1 aliphatic heterocycles. The predicted molar refractivity (Wildman–Crippen MR) is 132 cm³/mol. The Balaban J connectivity index is 1.47. The molecule has 3 heterocycles. The van der Waals surface area contributed by atoms with Crippen LogP contribution in [0.3, 0.4) is 0 Å². The van der Waals surface area contributed by atoms with Crippen LogP contribution in [0.1, 0.15) is 38.4 Å². The Hall–Kier alpha value is -3.85. The molecule has 0 aliphatic carbocycles. The number of hydrogen-bond acceptors (Lipinski definition) is 7. The number of carbonyl (C=O) groups is 2. The molecule has 2 aromatic heterocycles. The van der Waals surface area contributed by atoms with Crippen LogP contribution in [0.15, 0.2) is 48.9 Å². The molecule has 2 N–H and O–H groups in total. The average Bonchev–Trinajstić information content (AvgIpc) is 3.06. The number of amides is 2. The van der Waals surface area contributed by atoms with Crippen molar-refractivity contribution in [2.45, 2.75) is 20.3 Å². The van der Waals surface area contributed by atoms with Gasteiger partial charge in [0.15, 0.2) is 0 Å². The largest absolute Gasteiger partial charge is 0.354 e. The standard InChI is InChI=1S/C25H29N7O2/c1-17-5-7-20(19(13-17)24(33)30-22-8-6-18(2)14-27-22)29-25(34)21-15-28-23(16-26-21)32-10-4-9-31(3)11-12-32/h5-8,13-16H,4,9-12H2,1-3H3,(H,29,34)(H,27,30,33). The van der Waals surface area contributed by atoms with Crippen LogP contribution in [0.25, 0.3) is 0 Å². The van der Waals surface area contributed by atoms with Gasteiger partial charge in [0.2, 0.25) is 0 Å². The Bertz CT molecular complexity index is 1160. The molecule has 0 saturated carbocycles. The summed E-state index contributed by atoms with van der Waals surface area (Å²) < 4.78 is 0. The third-order valence-corrected chi connectivity index (χ3v) is 5.74. The van der Waals surface area contributed by atoms with E-state index in [0.717, 1.165) is 49.5 Å². The van der Waals surface area contributed by atoms with E-state index in [1.54, 1.807) is 30.6 Å². The van der Waals surface area contributed by atoms with Crippen LogP contribution < -0.4 is 15.5 Å². The number of nitrogens with one attached hydrogen (secondary N) is 2. The predicted octanol–water partition coefficient (Wildman–Crippen LogP) is 3.13. The molecular formula is C25H29N7O2. The van der Waals surface area contributed by atoms with E-state index < -0.39 is 5.91 Å². The molecule has 2 amide bonds. The van der Waals surface area contributed by atoms with Crippen LogP contribution in [0.5, 0.6) is 0 Å². The lowest BCUT2D eigenvalue weighted by Gasteiger charge is -2.21. The smallest absolute Gasteiger partial charge is 0.275 e. The van der Waals surface area contributed by atoms with E-state index in [-0.39, 0.29) is 11.6 Å². The Morgan fingerprint density at radius 2 is 1.65 bits per heavy atom. The number of aromatic nitrogens is 3. The normalized spacial score (nSPS) is 14.4. The summed E-state index contributed by atoms with van der Waals surface area (Å²) in [6, 6.07) is 8.88. The highest BCUT2D eigenvalue weighted by Crippen LogP contribution is 2.20. The van der Waals surface area contributed by atoms with Gasteiger partial charge in [-0.25, -0.2) is 15.0 Å². The van der Waals surface area contributed by atoms with Gasteiger partial charge in [0.1, 0.15) is 17.3 Å². The summed E-state index contributed by atoms with van der Waals surface area (Å²) in [5.74, 6) is 0.410. The molecule has 0 bridgehead atoms. The van der Waals surface area contributed by atoms with Crippen molar-refractivity contribution in [2.75, 3.05) is 48.8 Å². The topological polar surface area (TPSA) is 103 Å². The number of anilines is 3. The number of nitrogens with zero attached hydrogens (tertiary/aromatic N) is 5. The molecule has 1 saturated heterocycles. The molecule has 1 aliphatic rings. The Morgan fingerprint density at radius 1 is 0.824 bits per heavy atom. The number of pyridine rings is 1. The van der Waals surface area contributed by atoms with Gasteiger partial charge < -0.3 is 20.4 Å². The molecule has 4 rings (SSSR count). The monoisotopic (exact) mass is 459 g/mol. The van der Waals surface area contributed by atoms with E-state index >= 15 is 0 Å². The second kappa shape index (κ2) is 10.4. The van der Waals surface area contributed by atoms with Crippen molar-refractivity contribution in [1.82, 2.24) is 19.9 Å². The minimum absolute atomic E-state index is 0.183. The highest BCUT2D eigenvalue weighted by Gasteiger charge is 2.18. The first kappa shape index (κ1) is 23.3. The second-order valence-electron chi connectivity index (χ2n) is 8.58. The van der Waals surface area contributed by atoms with Crippen molar-refractivity contribution >= 4 is 29.1 Å². The summed E-state index contributed by atoms with van der Waals surface area (Å²) in [5, 5.41) is 5.58. The molecule has 176 valence electrons. The summed E-state index contributed by atoms with van der Waals surface area (Å²) in [4.78, 5) is 43.3. The molecule has 1 aromatic carbocycles. The van der Waals surface area contributed by atoms with Crippen molar-refractivity contribution in [3.8, 4) is 0 Å². The highest BCUT2D eigenvalue weighted by molar-refractivity contribution is 6.12. The Labute approximate surface area is 199 Å². The van der Waals surface area contributed by atoms with Crippen LogP contribution >= 0.6 is 0 Å².